The Morgan fingerprint density at radius 3 is 2.28 bits per heavy atom. The zero-order chi connectivity index (χ0) is 24.9. The molecule has 32 heavy (non-hydrogen) atoms. The molecule has 0 spiro atoms. The molecule has 11 nitrogen and oxygen atoms in total. The van der Waals surface area contributed by atoms with Crippen molar-refractivity contribution in [3.05, 3.63) is 20.8 Å². The minimum atomic E-state index is -6.21. The number of ether oxygens (including phenoxy) is 1. The first-order valence-corrected chi connectivity index (χ1v) is 10.8. The number of halogens is 4. The normalized spacial score (nSPS) is 12.2. The summed E-state index contributed by atoms with van der Waals surface area (Å²) in [6.45, 7) is 6.70. The highest BCUT2D eigenvalue weighted by atomic mass is 35.5. The maximum Gasteiger partial charge on any atom is 0.534 e. The molecule has 1 heterocycles. The fraction of sp³-hybridized carbons (Fsp3) is 0.625. The summed E-state index contributed by atoms with van der Waals surface area (Å²) in [5.41, 5.74) is -7.95. The number of nitro groups is 1. The molecule has 0 aliphatic carbocycles. The summed E-state index contributed by atoms with van der Waals surface area (Å²) in [7, 11) is -6.21. The summed E-state index contributed by atoms with van der Waals surface area (Å²) in [5, 5.41) is 16.1. The number of unbranched alkanes of at least 4 members (excludes halogenated alkanes) is 1. The zero-order valence-corrected chi connectivity index (χ0v) is 19.1. The van der Waals surface area contributed by atoms with Crippen LogP contribution in [-0.2, 0) is 14.9 Å². The number of amides is 1. The number of hydrogen-bond acceptors (Lipinski definition) is 9. The molecule has 2 N–H and O–H groups in total. The molecule has 0 atom stereocenters. The second-order valence-corrected chi connectivity index (χ2v) is 9.26. The summed E-state index contributed by atoms with van der Waals surface area (Å²) < 4.78 is 69.2. The van der Waals surface area contributed by atoms with E-state index >= 15 is 0 Å². The molecule has 0 aliphatic heterocycles. The van der Waals surface area contributed by atoms with Gasteiger partial charge in [-0.15, -0.1) is 0 Å². The van der Waals surface area contributed by atoms with E-state index in [-0.39, 0.29) is 24.3 Å². The van der Waals surface area contributed by atoms with Crippen molar-refractivity contribution in [3.8, 4) is 5.88 Å². The number of nitrogens with zero attached hydrogens (tertiary/aromatic N) is 2. The van der Waals surface area contributed by atoms with Gasteiger partial charge in [0.15, 0.2) is 0 Å². The lowest BCUT2D eigenvalue weighted by Crippen LogP contribution is -2.33. The molecule has 0 fully saturated rings. The van der Waals surface area contributed by atoms with Crippen LogP contribution in [-0.4, -0.2) is 48.6 Å². The second kappa shape index (κ2) is 10.4. The van der Waals surface area contributed by atoms with E-state index in [0.717, 1.165) is 0 Å². The highest BCUT2D eigenvalue weighted by molar-refractivity contribution is 7.88. The number of nitrogens with one attached hydrogen (secondary N) is 2. The largest absolute Gasteiger partial charge is 0.534 e. The average molecular weight is 507 g/mol. The van der Waals surface area contributed by atoms with Crippen molar-refractivity contribution in [1.82, 2.24) is 10.3 Å². The summed E-state index contributed by atoms with van der Waals surface area (Å²) >= 11 is 5.80. The Kier molecular flexibility index (Phi) is 8.91. The van der Waals surface area contributed by atoms with Crippen molar-refractivity contribution in [2.45, 2.75) is 51.6 Å². The lowest BCUT2D eigenvalue weighted by molar-refractivity contribution is -0.384. The summed E-state index contributed by atoms with van der Waals surface area (Å²) in [6, 6.07) is 0. The molecule has 1 rings (SSSR count). The molecular weight excluding hydrogens is 485 g/mol. The molecule has 182 valence electrons. The van der Waals surface area contributed by atoms with E-state index in [1.807, 2.05) is 0 Å². The van der Waals surface area contributed by atoms with Gasteiger partial charge >= 0.3 is 33.3 Å². The summed E-state index contributed by atoms with van der Waals surface area (Å²) in [4.78, 5) is 25.1. The van der Waals surface area contributed by atoms with Crippen LogP contribution in [0.15, 0.2) is 0 Å². The van der Waals surface area contributed by atoms with Crippen LogP contribution in [0.1, 0.15) is 39.2 Å². The van der Waals surface area contributed by atoms with E-state index in [1.165, 1.54) is 6.92 Å². The van der Waals surface area contributed by atoms with E-state index in [0.29, 0.717) is 12.8 Å². The Labute approximate surface area is 186 Å². The number of pyridine rings is 1. The number of rotatable bonds is 9. The Morgan fingerprint density at radius 1 is 1.22 bits per heavy atom. The molecule has 16 heteroatoms. The standard InChI is InChI=1S/C16H22ClF3N4O7S/c1-9-10(21-7-5-6-8-22-14(25)30-15(2,3)4)11(24(26)27)13(23-12(9)17)31-32(28,29)16(18,19)20/h5-8H2,1-4H3,(H,21,23)(H,22,25). The van der Waals surface area contributed by atoms with Crippen molar-refractivity contribution < 1.29 is 40.2 Å². The van der Waals surface area contributed by atoms with Crippen LogP contribution in [0.2, 0.25) is 5.15 Å². The topological polar surface area (TPSA) is 150 Å². The third-order valence-corrected chi connectivity index (χ3v) is 4.86. The molecular formula is C16H22ClF3N4O7S. The van der Waals surface area contributed by atoms with Crippen LogP contribution in [0, 0.1) is 17.0 Å². The SMILES string of the molecule is Cc1c(Cl)nc(OS(=O)(=O)C(F)(F)F)c([N+](=O)[O-])c1NCCCCNC(=O)OC(C)(C)C. The lowest BCUT2D eigenvalue weighted by atomic mass is 10.2. The molecule has 0 aromatic carbocycles. The maximum absolute atomic E-state index is 12.6. The molecule has 1 amide bonds. The smallest absolute Gasteiger partial charge is 0.444 e. The van der Waals surface area contributed by atoms with Gasteiger partial charge in [0.05, 0.1) is 4.92 Å². The maximum atomic E-state index is 12.6. The van der Waals surface area contributed by atoms with Gasteiger partial charge in [-0.2, -0.15) is 26.6 Å². The van der Waals surface area contributed by atoms with Crippen LogP contribution in [0.5, 0.6) is 5.88 Å². The number of hydrogen-bond donors (Lipinski definition) is 2. The number of alkyl halides is 3. The molecule has 1 aromatic rings. The highest BCUT2D eigenvalue weighted by Crippen LogP contribution is 2.41. The van der Waals surface area contributed by atoms with Gasteiger partial charge in [-0.1, -0.05) is 11.6 Å². The molecule has 0 unspecified atom stereocenters. The summed E-state index contributed by atoms with van der Waals surface area (Å²) in [6.07, 6.45) is 0.165. The van der Waals surface area contributed by atoms with Gasteiger partial charge in [-0.25, -0.2) is 4.79 Å². The second-order valence-electron chi connectivity index (χ2n) is 7.36. The van der Waals surface area contributed by atoms with Gasteiger partial charge in [-0.3, -0.25) is 10.1 Å². The number of anilines is 1. The van der Waals surface area contributed by atoms with Crippen LogP contribution in [0.4, 0.5) is 29.3 Å². The number of carbonyl (C=O) groups is 1. The van der Waals surface area contributed by atoms with Gasteiger partial charge < -0.3 is 19.6 Å². The lowest BCUT2D eigenvalue weighted by Gasteiger charge is -2.19. The van der Waals surface area contributed by atoms with Crippen LogP contribution < -0.4 is 14.8 Å². The van der Waals surface area contributed by atoms with Crippen LogP contribution in [0.3, 0.4) is 0 Å². The molecule has 0 saturated heterocycles. The van der Waals surface area contributed by atoms with Crippen molar-refractivity contribution in [2.24, 2.45) is 0 Å². The summed E-state index contributed by atoms with van der Waals surface area (Å²) in [5.74, 6) is -1.42. The minimum absolute atomic E-state index is 0.00185. The average Bonchev–Trinajstić information content (AvgIpc) is 2.58. The van der Waals surface area contributed by atoms with Crippen LogP contribution in [0.25, 0.3) is 0 Å². The quantitative estimate of drug-likeness (QED) is 0.127. The predicted octanol–water partition coefficient (Wildman–Crippen LogP) is 3.90. The van der Waals surface area contributed by atoms with E-state index < -0.39 is 49.0 Å². The van der Waals surface area contributed by atoms with Gasteiger partial charge in [-0.05, 0) is 40.5 Å². The van der Waals surface area contributed by atoms with E-state index in [9.17, 15) is 36.5 Å². The Balaban J connectivity index is 2.91. The highest BCUT2D eigenvalue weighted by Gasteiger charge is 2.50. The fourth-order valence-electron chi connectivity index (χ4n) is 2.18. The van der Waals surface area contributed by atoms with E-state index in [4.69, 9.17) is 16.3 Å². The number of carbonyl (C=O) groups excluding carboxylic acids is 1. The fourth-order valence-corrected chi connectivity index (χ4v) is 2.77. The number of aromatic nitrogens is 1. The molecule has 0 saturated carbocycles. The van der Waals surface area contributed by atoms with Crippen molar-refractivity contribution in [3.63, 3.8) is 0 Å². The van der Waals surface area contributed by atoms with Gasteiger partial charge in [0.25, 0.3) is 0 Å². The van der Waals surface area contributed by atoms with Crippen LogP contribution >= 0.6 is 11.6 Å². The first-order chi connectivity index (χ1) is 14.5. The third-order valence-electron chi connectivity index (χ3n) is 3.55. The van der Waals surface area contributed by atoms with E-state index in [1.54, 1.807) is 20.8 Å². The van der Waals surface area contributed by atoms with E-state index in [2.05, 4.69) is 19.8 Å². The Hall–Kier alpha value is -2.55. The predicted molar refractivity (Wildman–Crippen MR) is 108 cm³/mol. The first-order valence-electron chi connectivity index (χ1n) is 9.02. The molecule has 0 radical (unpaired) electrons. The molecule has 1 aromatic heterocycles. The Bertz CT molecular complexity index is 966. The van der Waals surface area contributed by atoms with Crippen molar-refractivity contribution >= 4 is 39.2 Å². The number of alkyl carbamates (subject to hydrolysis) is 1. The molecule has 0 bridgehead atoms. The van der Waals surface area contributed by atoms with Gasteiger partial charge in [0.2, 0.25) is 0 Å². The van der Waals surface area contributed by atoms with Crippen molar-refractivity contribution in [2.75, 3.05) is 18.4 Å². The monoisotopic (exact) mass is 506 g/mol. The molecule has 0 aliphatic rings. The zero-order valence-electron chi connectivity index (χ0n) is 17.5. The Morgan fingerprint density at radius 2 is 1.78 bits per heavy atom. The first kappa shape index (κ1) is 27.5. The minimum Gasteiger partial charge on any atom is -0.444 e. The third kappa shape index (κ3) is 7.85. The van der Waals surface area contributed by atoms with Gasteiger partial charge in [0, 0.05) is 18.7 Å². The van der Waals surface area contributed by atoms with Crippen molar-refractivity contribution in [1.29, 1.82) is 0 Å². The van der Waals surface area contributed by atoms with Gasteiger partial charge in [0.1, 0.15) is 16.4 Å².